The highest BCUT2D eigenvalue weighted by molar-refractivity contribution is 5.81. The van der Waals surface area contributed by atoms with Gasteiger partial charge in [-0.05, 0) is 56.5 Å². The molecule has 0 aromatic rings. The van der Waals surface area contributed by atoms with Crippen LogP contribution in [-0.4, -0.2) is 43.2 Å². The third-order valence-corrected chi connectivity index (χ3v) is 4.79. The second-order valence-corrected chi connectivity index (χ2v) is 7.10. The summed E-state index contributed by atoms with van der Waals surface area (Å²) in [5.41, 5.74) is 6.02. The van der Waals surface area contributed by atoms with Gasteiger partial charge >= 0.3 is 5.97 Å². The summed E-state index contributed by atoms with van der Waals surface area (Å²) in [5, 5.41) is 0. The van der Waals surface area contributed by atoms with E-state index in [1.165, 1.54) is 26.4 Å². The largest absolute Gasteiger partial charge is 0.468 e. The van der Waals surface area contributed by atoms with Gasteiger partial charge in [-0.15, -0.1) is 0 Å². The first kappa shape index (κ1) is 14.8. The van der Waals surface area contributed by atoms with Crippen molar-refractivity contribution >= 4 is 5.97 Å². The standard InChI is InChI=1S/C15H28N2O2/c1-14(2)7-4-9-17(10-8-14)11-15(16,12-5-6-12)13(18)19-3/h12H,4-11,16H2,1-3H3. The first-order valence-electron chi connectivity index (χ1n) is 7.47. The molecule has 2 N–H and O–H groups in total. The fourth-order valence-corrected chi connectivity index (χ4v) is 3.16. The lowest BCUT2D eigenvalue weighted by atomic mass is 9.85. The SMILES string of the molecule is COC(=O)C(N)(CN1CCCC(C)(C)CC1)C1CC1. The quantitative estimate of drug-likeness (QED) is 0.790. The molecule has 0 spiro atoms. The predicted molar refractivity (Wildman–Crippen MR) is 75.7 cm³/mol. The van der Waals surface area contributed by atoms with Gasteiger partial charge in [0.1, 0.15) is 5.54 Å². The van der Waals surface area contributed by atoms with Crippen molar-refractivity contribution in [3.63, 3.8) is 0 Å². The molecule has 1 saturated heterocycles. The normalized spacial score (nSPS) is 27.4. The Hall–Kier alpha value is -0.610. The van der Waals surface area contributed by atoms with Gasteiger partial charge in [0.2, 0.25) is 0 Å². The highest BCUT2D eigenvalue weighted by atomic mass is 16.5. The van der Waals surface area contributed by atoms with Gasteiger partial charge in [0.25, 0.3) is 0 Å². The molecule has 19 heavy (non-hydrogen) atoms. The molecule has 0 radical (unpaired) electrons. The Morgan fingerprint density at radius 1 is 1.37 bits per heavy atom. The lowest BCUT2D eigenvalue weighted by Crippen LogP contribution is -2.58. The number of nitrogens with zero attached hydrogens (tertiary/aromatic N) is 1. The summed E-state index contributed by atoms with van der Waals surface area (Å²) in [4.78, 5) is 14.4. The van der Waals surface area contributed by atoms with Crippen LogP contribution >= 0.6 is 0 Å². The summed E-state index contributed by atoms with van der Waals surface area (Å²) in [7, 11) is 1.44. The first-order chi connectivity index (χ1) is 8.87. The molecule has 0 bridgehead atoms. The van der Waals surface area contributed by atoms with Crippen molar-refractivity contribution in [2.75, 3.05) is 26.7 Å². The number of rotatable bonds is 4. The molecule has 4 heteroatoms. The molecule has 110 valence electrons. The van der Waals surface area contributed by atoms with Crippen LogP contribution in [-0.2, 0) is 9.53 Å². The molecular formula is C15H28N2O2. The number of ether oxygens (including phenoxy) is 1. The summed E-state index contributed by atoms with van der Waals surface area (Å²) >= 11 is 0. The van der Waals surface area contributed by atoms with Gasteiger partial charge in [0.15, 0.2) is 0 Å². The van der Waals surface area contributed by atoms with Gasteiger partial charge in [0.05, 0.1) is 7.11 Å². The zero-order valence-electron chi connectivity index (χ0n) is 12.6. The van der Waals surface area contributed by atoms with E-state index < -0.39 is 5.54 Å². The van der Waals surface area contributed by atoms with Crippen molar-refractivity contribution in [2.45, 2.75) is 51.5 Å². The first-order valence-corrected chi connectivity index (χ1v) is 7.47. The van der Waals surface area contributed by atoms with Crippen LogP contribution in [0.4, 0.5) is 0 Å². The van der Waals surface area contributed by atoms with Crippen LogP contribution in [0.15, 0.2) is 0 Å². The number of methoxy groups -OCH3 is 1. The third-order valence-electron chi connectivity index (χ3n) is 4.79. The lowest BCUT2D eigenvalue weighted by molar-refractivity contribution is -0.148. The van der Waals surface area contributed by atoms with Crippen LogP contribution in [0.2, 0.25) is 0 Å². The minimum absolute atomic E-state index is 0.237. The molecule has 2 fully saturated rings. The highest BCUT2D eigenvalue weighted by Crippen LogP contribution is 2.40. The number of likely N-dealkylation sites (tertiary alicyclic amines) is 1. The van der Waals surface area contributed by atoms with Gasteiger partial charge in [-0.25, -0.2) is 0 Å². The van der Waals surface area contributed by atoms with Crippen LogP contribution in [0.25, 0.3) is 0 Å². The van der Waals surface area contributed by atoms with Gasteiger partial charge in [0, 0.05) is 6.54 Å². The van der Waals surface area contributed by atoms with Crippen LogP contribution < -0.4 is 5.73 Å². The van der Waals surface area contributed by atoms with Crippen LogP contribution in [0.1, 0.15) is 46.0 Å². The van der Waals surface area contributed by atoms with E-state index in [1.807, 2.05) is 0 Å². The Labute approximate surface area is 116 Å². The van der Waals surface area contributed by atoms with E-state index in [4.69, 9.17) is 10.5 Å². The Morgan fingerprint density at radius 3 is 2.63 bits per heavy atom. The maximum atomic E-state index is 12.0. The molecule has 2 aliphatic rings. The molecule has 0 aromatic heterocycles. The summed E-state index contributed by atoms with van der Waals surface area (Å²) in [5.74, 6) is 0.0784. The number of hydrogen-bond acceptors (Lipinski definition) is 4. The van der Waals surface area contributed by atoms with Gasteiger partial charge in [-0.3, -0.25) is 4.79 Å². The van der Waals surface area contributed by atoms with E-state index >= 15 is 0 Å². The molecule has 1 unspecified atom stereocenters. The van der Waals surface area contributed by atoms with Crippen LogP contribution in [0, 0.1) is 11.3 Å². The molecule has 1 atom stereocenters. The molecule has 1 aliphatic carbocycles. The van der Waals surface area contributed by atoms with Gasteiger partial charge in [-0.1, -0.05) is 13.8 Å². The fourth-order valence-electron chi connectivity index (χ4n) is 3.16. The monoisotopic (exact) mass is 268 g/mol. The summed E-state index contributed by atoms with van der Waals surface area (Å²) < 4.78 is 4.94. The fraction of sp³-hybridized carbons (Fsp3) is 0.933. The van der Waals surface area contributed by atoms with Crippen molar-refractivity contribution in [3.05, 3.63) is 0 Å². The minimum Gasteiger partial charge on any atom is -0.468 e. The van der Waals surface area contributed by atoms with Crippen LogP contribution in [0.5, 0.6) is 0 Å². The number of carbonyl (C=O) groups excluding carboxylic acids is 1. The Balaban J connectivity index is 1.99. The van der Waals surface area contributed by atoms with Gasteiger partial charge in [-0.2, -0.15) is 0 Å². The molecule has 2 rings (SSSR count). The van der Waals surface area contributed by atoms with Crippen molar-refractivity contribution in [1.29, 1.82) is 0 Å². The number of esters is 1. The van der Waals surface area contributed by atoms with Crippen molar-refractivity contribution in [2.24, 2.45) is 17.1 Å². The van der Waals surface area contributed by atoms with E-state index in [0.29, 0.717) is 17.9 Å². The topological polar surface area (TPSA) is 55.6 Å². The smallest absolute Gasteiger partial charge is 0.327 e. The van der Waals surface area contributed by atoms with E-state index in [9.17, 15) is 4.79 Å². The second kappa shape index (κ2) is 5.41. The number of carbonyl (C=O) groups is 1. The third kappa shape index (κ3) is 3.48. The zero-order valence-corrected chi connectivity index (χ0v) is 12.6. The maximum Gasteiger partial charge on any atom is 0.327 e. The van der Waals surface area contributed by atoms with Crippen molar-refractivity contribution in [1.82, 2.24) is 4.90 Å². The van der Waals surface area contributed by atoms with Crippen LogP contribution in [0.3, 0.4) is 0 Å². The van der Waals surface area contributed by atoms with Gasteiger partial charge < -0.3 is 15.4 Å². The van der Waals surface area contributed by atoms with E-state index in [0.717, 1.165) is 25.9 Å². The van der Waals surface area contributed by atoms with Crippen molar-refractivity contribution in [3.8, 4) is 0 Å². The number of nitrogens with two attached hydrogens (primary N) is 1. The zero-order chi connectivity index (χ0) is 14.1. The lowest BCUT2D eigenvalue weighted by Gasteiger charge is -2.33. The van der Waals surface area contributed by atoms with E-state index in [1.54, 1.807) is 0 Å². The van der Waals surface area contributed by atoms with E-state index in [-0.39, 0.29) is 5.97 Å². The second-order valence-electron chi connectivity index (χ2n) is 7.10. The molecule has 0 aromatic carbocycles. The summed E-state index contributed by atoms with van der Waals surface area (Å²) in [6.07, 6.45) is 5.74. The molecule has 0 amide bonds. The predicted octanol–water partition coefficient (Wildman–Crippen LogP) is 1.78. The Morgan fingerprint density at radius 2 is 2.05 bits per heavy atom. The summed E-state index contributed by atoms with van der Waals surface area (Å²) in [6.45, 7) is 7.39. The molecule has 1 aliphatic heterocycles. The number of hydrogen-bond donors (Lipinski definition) is 1. The highest BCUT2D eigenvalue weighted by Gasteiger charge is 2.50. The molecular weight excluding hydrogens is 240 g/mol. The maximum absolute atomic E-state index is 12.0. The van der Waals surface area contributed by atoms with E-state index in [2.05, 4.69) is 18.7 Å². The average molecular weight is 268 g/mol. The molecule has 1 saturated carbocycles. The Bertz CT molecular complexity index is 339. The minimum atomic E-state index is -0.788. The average Bonchev–Trinajstić information content (AvgIpc) is 3.18. The molecule has 4 nitrogen and oxygen atoms in total. The molecule has 1 heterocycles. The Kier molecular flexibility index (Phi) is 4.21. The van der Waals surface area contributed by atoms with Crippen molar-refractivity contribution < 1.29 is 9.53 Å². The summed E-state index contributed by atoms with van der Waals surface area (Å²) in [6, 6.07) is 0.